The molecule has 0 aliphatic rings. The maximum absolute atomic E-state index is 13.6. The molecule has 0 atom stereocenters. The highest BCUT2D eigenvalue weighted by atomic mass is 32.1. The molecule has 1 amide bonds. The van der Waals surface area contributed by atoms with Crippen molar-refractivity contribution in [1.82, 2.24) is 4.90 Å². The second-order valence-corrected chi connectivity index (χ2v) is 5.98. The van der Waals surface area contributed by atoms with Crippen LogP contribution in [0.25, 0.3) is 10.1 Å². The van der Waals surface area contributed by atoms with Gasteiger partial charge in [0, 0.05) is 23.9 Å². The first-order valence-corrected chi connectivity index (χ1v) is 7.44. The molecule has 1 aromatic heterocycles. The SMILES string of the molecule is CN(Cc1ccccc1F)C(=O)c1cc2ccccc2s1. The Hall–Kier alpha value is -2.20. The number of nitrogens with zero attached hydrogens (tertiary/aromatic N) is 1. The highest BCUT2D eigenvalue weighted by Crippen LogP contribution is 2.26. The van der Waals surface area contributed by atoms with E-state index in [1.807, 2.05) is 30.3 Å². The van der Waals surface area contributed by atoms with Crippen molar-refractivity contribution < 1.29 is 9.18 Å². The first-order chi connectivity index (χ1) is 10.1. The zero-order chi connectivity index (χ0) is 14.8. The molecule has 3 rings (SSSR count). The van der Waals surface area contributed by atoms with Crippen LogP contribution >= 0.6 is 11.3 Å². The number of hydrogen-bond acceptors (Lipinski definition) is 2. The molecule has 0 saturated heterocycles. The first-order valence-electron chi connectivity index (χ1n) is 6.62. The first kappa shape index (κ1) is 13.8. The van der Waals surface area contributed by atoms with Crippen LogP contribution in [0.1, 0.15) is 15.2 Å². The van der Waals surface area contributed by atoms with E-state index in [2.05, 4.69) is 0 Å². The van der Waals surface area contributed by atoms with Gasteiger partial charge in [0.25, 0.3) is 5.91 Å². The zero-order valence-corrected chi connectivity index (χ0v) is 12.4. The van der Waals surface area contributed by atoms with E-state index in [4.69, 9.17) is 0 Å². The lowest BCUT2D eigenvalue weighted by molar-refractivity contribution is 0.0788. The second kappa shape index (κ2) is 5.66. The third kappa shape index (κ3) is 2.81. The van der Waals surface area contributed by atoms with E-state index in [9.17, 15) is 9.18 Å². The van der Waals surface area contributed by atoms with Crippen molar-refractivity contribution in [3.63, 3.8) is 0 Å². The van der Waals surface area contributed by atoms with Crippen molar-refractivity contribution in [3.8, 4) is 0 Å². The van der Waals surface area contributed by atoms with Gasteiger partial charge in [0.05, 0.1) is 4.88 Å². The van der Waals surface area contributed by atoms with E-state index >= 15 is 0 Å². The number of benzene rings is 2. The maximum atomic E-state index is 13.6. The summed E-state index contributed by atoms with van der Waals surface area (Å²) >= 11 is 1.46. The zero-order valence-electron chi connectivity index (χ0n) is 11.5. The third-order valence-corrected chi connectivity index (χ3v) is 4.45. The van der Waals surface area contributed by atoms with Gasteiger partial charge in [-0.1, -0.05) is 36.4 Å². The van der Waals surface area contributed by atoms with Crippen molar-refractivity contribution in [2.24, 2.45) is 0 Å². The van der Waals surface area contributed by atoms with Crippen LogP contribution in [-0.2, 0) is 6.54 Å². The summed E-state index contributed by atoms with van der Waals surface area (Å²) in [4.78, 5) is 14.7. The molecule has 2 nitrogen and oxygen atoms in total. The van der Waals surface area contributed by atoms with Gasteiger partial charge in [0.2, 0.25) is 0 Å². The molecular formula is C17H14FNOS. The number of rotatable bonds is 3. The summed E-state index contributed by atoms with van der Waals surface area (Å²) in [6.45, 7) is 0.264. The average molecular weight is 299 g/mol. The van der Waals surface area contributed by atoms with E-state index in [0.29, 0.717) is 10.4 Å². The van der Waals surface area contributed by atoms with Crippen LogP contribution in [-0.4, -0.2) is 17.9 Å². The van der Waals surface area contributed by atoms with Gasteiger partial charge in [0.15, 0.2) is 0 Å². The summed E-state index contributed by atoms with van der Waals surface area (Å²) in [7, 11) is 1.69. The highest BCUT2D eigenvalue weighted by molar-refractivity contribution is 7.20. The monoisotopic (exact) mass is 299 g/mol. The van der Waals surface area contributed by atoms with Crippen LogP contribution < -0.4 is 0 Å². The van der Waals surface area contributed by atoms with Crippen LogP contribution in [0.2, 0.25) is 0 Å². The second-order valence-electron chi connectivity index (χ2n) is 4.90. The number of carbonyl (C=O) groups excluding carboxylic acids is 1. The van der Waals surface area contributed by atoms with Crippen molar-refractivity contribution in [2.45, 2.75) is 6.54 Å². The van der Waals surface area contributed by atoms with Crippen LogP contribution in [0, 0.1) is 5.82 Å². The lowest BCUT2D eigenvalue weighted by Gasteiger charge is -2.16. The Kier molecular flexibility index (Phi) is 3.71. The minimum absolute atomic E-state index is 0.0838. The molecule has 0 saturated carbocycles. The largest absolute Gasteiger partial charge is 0.337 e. The van der Waals surface area contributed by atoms with E-state index in [0.717, 1.165) is 10.1 Å². The van der Waals surface area contributed by atoms with Crippen LogP contribution in [0.15, 0.2) is 54.6 Å². The number of amides is 1. The lowest BCUT2D eigenvalue weighted by Crippen LogP contribution is -2.25. The Morgan fingerprint density at radius 3 is 2.62 bits per heavy atom. The van der Waals surface area contributed by atoms with Crippen molar-refractivity contribution in [1.29, 1.82) is 0 Å². The molecule has 106 valence electrons. The van der Waals surface area contributed by atoms with Gasteiger partial charge in [-0.2, -0.15) is 0 Å². The molecule has 3 aromatic rings. The highest BCUT2D eigenvalue weighted by Gasteiger charge is 2.16. The fourth-order valence-corrected chi connectivity index (χ4v) is 3.29. The molecule has 0 aliphatic heterocycles. The number of halogens is 1. The summed E-state index contributed by atoms with van der Waals surface area (Å²) in [5.41, 5.74) is 0.523. The molecular weight excluding hydrogens is 285 g/mol. The number of fused-ring (bicyclic) bond motifs is 1. The van der Waals surface area contributed by atoms with Gasteiger partial charge >= 0.3 is 0 Å². The standard InChI is InChI=1S/C17H14FNOS/c1-19(11-13-7-2-4-8-14(13)18)17(20)16-10-12-6-3-5-9-15(12)21-16/h2-10H,11H2,1H3. The third-order valence-electron chi connectivity index (χ3n) is 3.35. The van der Waals surface area contributed by atoms with E-state index in [1.165, 1.54) is 17.4 Å². The molecule has 0 spiro atoms. The van der Waals surface area contributed by atoms with Gasteiger partial charge in [-0.3, -0.25) is 4.79 Å². The molecule has 1 heterocycles. The predicted molar refractivity (Wildman–Crippen MR) is 84.0 cm³/mol. The van der Waals surface area contributed by atoms with Crippen LogP contribution in [0.4, 0.5) is 4.39 Å². The summed E-state index contributed by atoms with van der Waals surface area (Å²) in [5.74, 6) is -0.368. The van der Waals surface area contributed by atoms with Gasteiger partial charge in [0.1, 0.15) is 5.82 Å². The Morgan fingerprint density at radius 1 is 1.14 bits per heavy atom. The van der Waals surface area contributed by atoms with E-state index in [-0.39, 0.29) is 18.3 Å². The van der Waals surface area contributed by atoms with Crippen molar-refractivity contribution in [3.05, 3.63) is 70.9 Å². The van der Waals surface area contributed by atoms with Gasteiger partial charge < -0.3 is 4.90 Å². The lowest BCUT2D eigenvalue weighted by atomic mass is 10.2. The minimum atomic E-state index is -0.284. The Morgan fingerprint density at radius 2 is 1.86 bits per heavy atom. The van der Waals surface area contributed by atoms with E-state index < -0.39 is 0 Å². The summed E-state index contributed by atoms with van der Waals surface area (Å²) in [5, 5.41) is 1.06. The maximum Gasteiger partial charge on any atom is 0.264 e. The molecule has 0 radical (unpaired) electrons. The van der Waals surface area contributed by atoms with Gasteiger partial charge in [-0.15, -0.1) is 11.3 Å². The quantitative estimate of drug-likeness (QED) is 0.705. The fourth-order valence-electron chi connectivity index (χ4n) is 2.23. The normalized spacial score (nSPS) is 10.8. The summed E-state index contributed by atoms with van der Waals surface area (Å²) < 4.78 is 14.7. The molecule has 4 heteroatoms. The molecule has 0 bridgehead atoms. The summed E-state index contributed by atoms with van der Waals surface area (Å²) in [6, 6.07) is 16.3. The molecule has 0 N–H and O–H groups in total. The Balaban J connectivity index is 1.82. The summed E-state index contributed by atoms with van der Waals surface area (Å²) in [6.07, 6.45) is 0. The molecule has 2 aromatic carbocycles. The van der Waals surface area contributed by atoms with Crippen molar-refractivity contribution >= 4 is 27.3 Å². The van der Waals surface area contributed by atoms with Gasteiger partial charge in [-0.25, -0.2) is 4.39 Å². The smallest absolute Gasteiger partial charge is 0.264 e. The molecule has 0 aliphatic carbocycles. The Bertz CT molecular complexity index is 763. The van der Waals surface area contributed by atoms with Crippen LogP contribution in [0.5, 0.6) is 0 Å². The minimum Gasteiger partial charge on any atom is -0.337 e. The molecule has 21 heavy (non-hydrogen) atoms. The average Bonchev–Trinajstić information content (AvgIpc) is 2.92. The molecule has 0 fully saturated rings. The number of thiophene rings is 1. The van der Waals surface area contributed by atoms with E-state index in [1.54, 1.807) is 30.1 Å². The number of carbonyl (C=O) groups is 1. The van der Waals surface area contributed by atoms with Crippen molar-refractivity contribution in [2.75, 3.05) is 7.05 Å². The predicted octanol–water partition coefficient (Wildman–Crippen LogP) is 4.31. The van der Waals surface area contributed by atoms with Gasteiger partial charge in [-0.05, 0) is 23.6 Å². The van der Waals surface area contributed by atoms with Crippen LogP contribution in [0.3, 0.4) is 0 Å². The topological polar surface area (TPSA) is 20.3 Å². The fraction of sp³-hybridized carbons (Fsp3) is 0.118. The molecule has 0 unspecified atom stereocenters. The number of hydrogen-bond donors (Lipinski definition) is 0. The Labute approximate surface area is 126 Å².